The minimum Gasteiger partial charge on any atom is -0.506 e. The van der Waals surface area contributed by atoms with E-state index in [1.807, 2.05) is 24.8 Å². The van der Waals surface area contributed by atoms with Crippen molar-refractivity contribution in [2.75, 3.05) is 11.5 Å². The highest BCUT2D eigenvalue weighted by molar-refractivity contribution is 8.05. The molecule has 0 fully saturated rings. The molecule has 1 nitrogen and oxygen atoms in total. The van der Waals surface area contributed by atoms with E-state index >= 15 is 0 Å². The molecule has 1 aliphatic heterocycles. The number of thioether (sulfide) groups is 2. The summed E-state index contributed by atoms with van der Waals surface area (Å²) in [6, 6.07) is 4.08. The first-order valence-electron chi connectivity index (χ1n) is 3.87. The van der Waals surface area contributed by atoms with Gasteiger partial charge in [-0.05, 0) is 18.6 Å². The highest BCUT2D eigenvalue weighted by Gasteiger charge is 2.14. The van der Waals surface area contributed by atoms with E-state index in [2.05, 4.69) is 6.07 Å². The average molecular weight is 198 g/mol. The number of phenols is 1. The first-order chi connectivity index (χ1) is 5.79. The number of aromatic hydroxyl groups is 1. The number of aryl methyl sites for hydroxylation is 1. The van der Waals surface area contributed by atoms with Crippen LogP contribution in [0.3, 0.4) is 0 Å². The summed E-state index contributed by atoms with van der Waals surface area (Å²) in [5.74, 6) is 2.74. The van der Waals surface area contributed by atoms with Crippen LogP contribution in [0.2, 0.25) is 0 Å². The van der Waals surface area contributed by atoms with Gasteiger partial charge in [0.15, 0.2) is 0 Å². The molecule has 1 heterocycles. The number of phenolic OH excluding ortho intramolecular Hbond substituents is 1. The zero-order valence-corrected chi connectivity index (χ0v) is 8.47. The van der Waals surface area contributed by atoms with Crippen LogP contribution in [0.4, 0.5) is 0 Å². The highest BCUT2D eigenvalue weighted by Crippen LogP contribution is 2.43. The van der Waals surface area contributed by atoms with Crippen molar-refractivity contribution in [1.82, 2.24) is 0 Å². The SMILES string of the molecule is Cc1ccc2c(c1O)SCCS2. The molecule has 64 valence electrons. The van der Waals surface area contributed by atoms with Crippen LogP contribution in [0.1, 0.15) is 5.56 Å². The Morgan fingerprint density at radius 2 is 2.00 bits per heavy atom. The molecule has 0 unspecified atom stereocenters. The summed E-state index contributed by atoms with van der Waals surface area (Å²) >= 11 is 3.59. The van der Waals surface area contributed by atoms with Crippen molar-refractivity contribution in [3.63, 3.8) is 0 Å². The van der Waals surface area contributed by atoms with Gasteiger partial charge in [0.1, 0.15) is 5.75 Å². The molecule has 3 heteroatoms. The summed E-state index contributed by atoms with van der Waals surface area (Å²) in [6.07, 6.45) is 0. The Labute approximate surface area is 80.6 Å². The van der Waals surface area contributed by atoms with E-state index in [0.717, 1.165) is 22.0 Å². The first kappa shape index (κ1) is 8.32. The van der Waals surface area contributed by atoms with E-state index in [1.165, 1.54) is 4.90 Å². The normalized spacial score (nSPS) is 15.8. The fourth-order valence-corrected chi connectivity index (χ4v) is 3.54. The summed E-state index contributed by atoms with van der Waals surface area (Å²) in [6.45, 7) is 1.94. The van der Waals surface area contributed by atoms with Crippen LogP contribution in [0.25, 0.3) is 0 Å². The number of hydrogen-bond donors (Lipinski definition) is 1. The fraction of sp³-hybridized carbons (Fsp3) is 0.333. The van der Waals surface area contributed by atoms with Crippen molar-refractivity contribution >= 4 is 23.5 Å². The van der Waals surface area contributed by atoms with Gasteiger partial charge in [0.05, 0.1) is 4.90 Å². The highest BCUT2D eigenvalue weighted by atomic mass is 32.2. The molecule has 12 heavy (non-hydrogen) atoms. The van der Waals surface area contributed by atoms with E-state index in [-0.39, 0.29) is 0 Å². The molecule has 1 aromatic rings. The Morgan fingerprint density at radius 1 is 1.25 bits per heavy atom. The number of benzene rings is 1. The van der Waals surface area contributed by atoms with Crippen LogP contribution < -0.4 is 0 Å². The summed E-state index contributed by atoms with van der Waals surface area (Å²) in [5.41, 5.74) is 0.976. The molecule has 0 bridgehead atoms. The molecule has 0 radical (unpaired) electrons. The molecule has 1 aromatic carbocycles. The zero-order chi connectivity index (χ0) is 8.55. The molecule has 0 aromatic heterocycles. The van der Waals surface area contributed by atoms with Crippen molar-refractivity contribution in [2.45, 2.75) is 16.7 Å². The molecule has 0 saturated heterocycles. The molecule has 0 spiro atoms. The average Bonchev–Trinajstić information content (AvgIpc) is 2.12. The number of hydrogen-bond acceptors (Lipinski definition) is 3. The lowest BCUT2D eigenvalue weighted by Gasteiger charge is -2.16. The monoisotopic (exact) mass is 198 g/mol. The predicted octanol–water partition coefficient (Wildman–Crippen LogP) is 2.90. The third-order valence-corrected chi connectivity index (χ3v) is 4.44. The molecule has 0 atom stereocenters. The lowest BCUT2D eigenvalue weighted by Crippen LogP contribution is -1.94. The zero-order valence-electron chi connectivity index (χ0n) is 6.83. The second-order valence-electron chi connectivity index (χ2n) is 2.76. The van der Waals surface area contributed by atoms with Gasteiger partial charge in [-0.25, -0.2) is 0 Å². The molecule has 0 saturated carbocycles. The second kappa shape index (κ2) is 3.23. The molecule has 1 aliphatic rings. The van der Waals surface area contributed by atoms with E-state index < -0.39 is 0 Å². The Hall–Kier alpha value is -0.280. The van der Waals surface area contributed by atoms with Gasteiger partial charge >= 0.3 is 0 Å². The van der Waals surface area contributed by atoms with Crippen molar-refractivity contribution in [1.29, 1.82) is 0 Å². The molecular formula is C9H10OS2. The Morgan fingerprint density at radius 3 is 2.83 bits per heavy atom. The summed E-state index contributed by atoms with van der Waals surface area (Å²) in [5, 5.41) is 9.71. The number of rotatable bonds is 0. The minimum absolute atomic E-state index is 0.477. The van der Waals surface area contributed by atoms with E-state index in [9.17, 15) is 5.11 Å². The van der Waals surface area contributed by atoms with Gasteiger partial charge in [-0.2, -0.15) is 0 Å². The molecule has 0 amide bonds. The van der Waals surface area contributed by atoms with Gasteiger partial charge in [-0.3, -0.25) is 0 Å². The topological polar surface area (TPSA) is 20.2 Å². The van der Waals surface area contributed by atoms with Gasteiger partial charge in [0, 0.05) is 16.4 Å². The Balaban J connectivity index is 2.54. The van der Waals surface area contributed by atoms with Crippen LogP contribution in [0.15, 0.2) is 21.9 Å². The van der Waals surface area contributed by atoms with E-state index in [4.69, 9.17) is 0 Å². The van der Waals surface area contributed by atoms with Crippen LogP contribution in [-0.2, 0) is 0 Å². The third kappa shape index (κ3) is 1.31. The smallest absolute Gasteiger partial charge is 0.133 e. The van der Waals surface area contributed by atoms with Gasteiger partial charge in [0.25, 0.3) is 0 Å². The van der Waals surface area contributed by atoms with Crippen molar-refractivity contribution < 1.29 is 5.11 Å². The van der Waals surface area contributed by atoms with Gasteiger partial charge < -0.3 is 5.11 Å². The summed E-state index contributed by atoms with van der Waals surface area (Å²) in [4.78, 5) is 2.31. The van der Waals surface area contributed by atoms with Gasteiger partial charge in [0.2, 0.25) is 0 Å². The molecule has 2 rings (SSSR count). The van der Waals surface area contributed by atoms with Crippen molar-refractivity contribution in [2.24, 2.45) is 0 Å². The molecule has 0 aliphatic carbocycles. The van der Waals surface area contributed by atoms with Crippen LogP contribution in [0, 0.1) is 6.92 Å². The summed E-state index contributed by atoms with van der Waals surface area (Å²) < 4.78 is 0. The lowest BCUT2D eigenvalue weighted by atomic mass is 10.2. The maximum atomic E-state index is 9.71. The van der Waals surface area contributed by atoms with E-state index in [1.54, 1.807) is 11.8 Å². The van der Waals surface area contributed by atoms with E-state index in [0.29, 0.717) is 5.75 Å². The maximum absolute atomic E-state index is 9.71. The quantitative estimate of drug-likeness (QED) is 0.692. The third-order valence-electron chi connectivity index (χ3n) is 1.88. The predicted molar refractivity (Wildman–Crippen MR) is 54.3 cm³/mol. The van der Waals surface area contributed by atoms with Crippen LogP contribution in [0.5, 0.6) is 5.75 Å². The Bertz CT molecular complexity index is 310. The fourth-order valence-electron chi connectivity index (χ4n) is 1.20. The van der Waals surface area contributed by atoms with Gasteiger partial charge in [-0.15, -0.1) is 23.5 Å². The molecular weight excluding hydrogens is 188 g/mol. The lowest BCUT2D eigenvalue weighted by molar-refractivity contribution is 0.455. The first-order valence-corrected chi connectivity index (χ1v) is 5.84. The van der Waals surface area contributed by atoms with Crippen LogP contribution >= 0.6 is 23.5 Å². The minimum atomic E-state index is 0.477. The molecule has 1 N–H and O–H groups in total. The standard InChI is InChI=1S/C9H10OS2/c1-6-2-3-7-9(8(6)10)12-5-4-11-7/h2-3,10H,4-5H2,1H3. The summed E-state index contributed by atoms with van der Waals surface area (Å²) in [7, 11) is 0. The van der Waals surface area contributed by atoms with Crippen LogP contribution in [-0.4, -0.2) is 16.6 Å². The van der Waals surface area contributed by atoms with Crippen molar-refractivity contribution in [3.05, 3.63) is 17.7 Å². The Kier molecular flexibility index (Phi) is 2.24. The maximum Gasteiger partial charge on any atom is 0.133 e. The second-order valence-corrected chi connectivity index (χ2v) is 5.00. The number of fused-ring (bicyclic) bond motifs is 1. The van der Waals surface area contributed by atoms with Gasteiger partial charge in [-0.1, -0.05) is 6.07 Å². The van der Waals surface area contributed by atoms with Crippen molar-refractivity contribution in [3.8, 4) is 5.75 Å². The largest absolute Gasteiger partial charge is 0.506 e.